The maximum absolute atomic E-state index is 5.72. The number of hydrogen-bond donors (Lipinski definition) is 1. The van der Waals surface area contributed by atoms with Crippen LogP contribution in [0.3, 0.4) is 0 Å². The summed E-state index contributed by atoms with van der Waals surface area (Å²) in [5, 5.41) is 3.49. The summed E-state index contributed by atoms with van der Waals surface area (Å²) >= 11 is 0. The molecule has 4 nitrogen and oxygen atoms in total. The van der Waals surface area contributed by atoms with Crippen molar-refractivity contribution in [3.8, 4) is 11.5 Å². The van der Waals surface area contributed by atoms with E-state index in [2.05, 4.69) is 18.3 Å². The maximum atomic E-state index is 5.72. The molecule has 2 aliphatic rings. The lowest BCUT2D eigenvalue weighted by Gasteiger charge is -2.11. The summed E-state index contributed by atoms with van der Waals surface area (Å²) in [6, 6.07) is 6.36. The lowest BCUT2D eigenvalue weighted by Crippen LogP contribution is -2.22. The van der Waals surface area contributed by atoms with Crippen molar-refractivity contribution in [3.05, 3.63) is 23.8 Å². The van der Waals surface area contributed by atoms with Crippen LogP contribution in [0.25, 0.3) is 0 Å². The van der Waals surface area contributed by atoms with Crippen LogP contribution in [-0.2, 0) is 4.74 Å². The van der Waals surface area contributed by atoms with Gasteiger partial charge in [0.1, 0.15) is 18.1 Å². The third-order valence-electron chi connectivity index (χ3n) is 3.77. The van der Waals surface area contributed by atoms with Crippen LogP contribution in [0.2, 0.25) is 0 Å². The summed E-state index contributed by atoms with van der Waals surface area (Å²) in [4.78, 5) is 0. The molecule has 20 heavy (non-hydrogen) atoms. The minimum absolute atomic E-state index is 0.310. The van der Waals surface area contributed by atoms with Crippen LogP contribution in [0.1, 0.15) is 37.8 Å². The number of benzene rings is 1. The molecule has 4 heteroatoms. The topological polar surface area (TPSA) is 39.7 Å². The Morgan fingerprint density at radius 3 is 3.05 bits per heavy atom. The third-order valence-corrected chi connectivity index (χ3v) is 3.77. The van der Waals surface area contributed by atoms with Crippen molar-refractivity contribution in [3.63, 3.8) is 0 Å². The SMILES string of the molecule is CCCNC1COc2cc(OCOCC3CC3)ccc21. The van der Waals surface area contributed by atoms with E-state index in [9.17, 15) is 0 Å². The molecule has 0 aromatic heterocycles. The lowest BCUT2D eigenvalue weighted by atomic mass is 10.1. The number of rotatable bonds is 8. The smallest absolute Gasteiger partial charge is 0.189 e. The predicted octanol–water partition coefficient (Wildman–Crippen LogP) is 2.88. The Hall–Kier alpha value is -1.26. The zero-order valence-electron chi connectivity index (χ0n) is 12.1. The van der Waals surface area contributed by atoms with Gasteiger partial charge in [0.15, 0.2) is 6.79 Å². The van der Waals surface area contributed by atoms with Crippen molar-refractivity contribution >= 4 is 0 Å². The van der Waals surface area contributed by atoms with E-state index >= 15 is 0 Å². The molecule has 0 spiro atoms. The van der Waals surface area contributed by atoms with Crippen LogP contribution in [0.15, 0.2) is 18.2 Å². The first-order valence-corrected chi connectivity index (χ1v) is 7.57. The molecule has 1 aromatic rings. The summed E-state index contributed by atoms with van der Waals surface area (Å²) in [6.07, 6.45) is 3.74. The Morgan fingerprint density at radius 1 is 1.35 bits per heavy atom. The van der Waals surface area contributed by atoms with Gasteiger partial charge in [-0.15, -0.1) is 0 Å². The quantitative estimate of drug-likeness (QED) is 0.586. The van der Waals surface area contributed by atoms with Gasteiger partial charge in [-0.05, 0) is 43.9 Å². The Morgan fingerprint density at radius 2 is 2.25 bits per heavy atom. The van der Waals surface area contributed by atoms with Gasteiger partial charge in [-0.2, -0.15) is 0 Å². The molecule has 0 bridgehead atoms. The Balaban J connectivity index is 1.50. The zero-order chi connectivity index (χ0) is 13.8. The second kappa shape index (κ2) is 6.46. The van der Waals surface area contributed by atoms with Gasteiger partial charge in [0.2, 0.25) is 0 Å². The molecule has 1 aromatic carbocycles. The Labute approximate surface area is 120 Å². The molecule has 0 saturated heterocycles. The van der Waals surface area contributed by atoms with Gasteiger partial charge >= 0.3 is 0 Å². The minimum atomic E-state index is 0.310. The van der Waals surface area contributed by atoms with Crippen molar-refractivity contribution in [2.45, 2.75) is 32.2 Å². The molecule has 1 aliphatic heterocycles. The van der Waals surface area contributed by atoms with Crippen LogP contribution in [0.4, 0.5) is 0 Å². The molecular weight excluding hydrogens is 254 g/mol. The summed E-state index contributed by atoms with van der Waals surface area (Å²) in [7, 11) is 0. The number of nitrogens with one attached hydrogen (secondary N) is 1. The first-order valence-electron chi connectivity index (χ1n) is 7.57. The fourth-order valence-corrected chi connectivity index (χ4v) is 2.38. The average Bonchev–Trinajstić information content (AvgIpc) is 3.21. The van der Waals surface area contributed by atoms with Crippen LogP contribution < -0.4 is 14.8 Å². The van der Waals surface area contributed by atoms with E-state index in [-0.39, 0.29) is 0 Å². The van der Waals surface area contributed by atoms with Gasteiger partial charge < -0.3 is 19.5 Å². The average molecular weight is 277 g/mol. The molecule has 1 unspecified atom stereocenters. The van der Waals surface area contributed by atoms with E-state index in [1.54, 1.807) is 0 Å². The molecule has 110 valence electrons. The molecule has 1 N–H and O–H groups in total. The van der Waals surface area contributed by atoms with Crippen LogP contribution in [0, 0.1) is 5.92 Å². The first-order chi connectivity index (χ1) is 9.86. The maximum Gasteiger partial charge on any atom is 0.189 e. The van der Waals surface area contributed by atoms with Crippen LogP contribution >= 0.6 is 0 Å². The minimum Gasteiger partial charge on any atom is -0.491 e. The second-order valence-corrected chi connectivity index (χ2v) is 5.59. The first kappa shape index (κ1) is 13.7. The Bertz CT molecular complexity index is 445. The molecule has 3 rings (SSSR count). The fraction of sp³-hybridized carbons (Fsp3) is 0.625. The van der Waals surface area contributed by atoms with E-state index in [4.69, 9.17) is 14.2 Å². The summed E-state index contributed by atoms with van der Waals surface area (Å²) in [5.41, 5.74) is 1.23. The second-order valence-electron chi connectivity index (χ2n) is 5.59. The predicted molar refractivity (Wildman–Crippen MR) is 77.1 cm³/mol. The van der Waals surface area contributed by atoms with Crippen molar-refractivity contribution in [2.24, 2.45) is 5.92 Å². The lowest BCUT2D eigenvalue weighted by molar-refractivity contribution is 0.00990. The normalized spacial score (nSPS) is 20.6. The van der Waals surface area contributed by atoms with Crippen molar-refractivity contribution in [1.29, 1.82) is 0 Å². The van der Waals surface area contributed by atoms with Crippen LogP contribution in [-0.4, -0.2) is 26.6 Å². The monoisotopic (exact) mass is 277 g/mol. The zero-order valence-corrected chi connectivity index (χ0v) is 12.1. The Kier molecular flexibility index (Phi) is 4.43. The van der Waals surface area contributed by atoms with Gasteiger partial charge in [0.05, 0.1) is 12.6 Å². The van der Waals surface area contributed by atoms with Crippen molar-refractivity contribution < 1.29 is 14.2 Å². The van der Waals surface area contributed by atoms with E-state index in [1.165, 1.54) is 18.4 Å². The fourth-order valence-electron chi connectivity index (χ4n) is 2.38. The van der Waals surface area contributed by atoms with Gasteiger partial charge in [-0.1, -0.05) is 6.92 Å². The molecule has 1 atom stereocenters. The standard InChI is InChI=1S/C16H23NO3/c1-2-7-17-15-10-19-16-8-13(5-6-14(15)16)20-11-18-9-12-3-4-12/h5-6,8,12,15,17H,2-4,7,9-11H2,1H3. The molecule has 1 saturated carbocycles. The summed E-state index contributed by atoms with van der Waals surface area (Å²) in [6.45, 7) is 5.04. The van der Waals surface area contributed by atoms with Gasteiger partial charge in [-0.3, -0.25) is 0 Å². The highest BCUT2D eigenvalue weighted by molar-refractivity contribution is 5.44. The van der Waals surface area contributed by atoms with Gasteiger partial charge in [0, 0.05) is 11.6 Å². The molecule has 1 aliphatic carbocycles. The van der Waals surface area contributed by atoms with Crippen molar-refractivity contribution in [1.82, 2.24) is 5.32 Å². The van der Waals surface area contributed by atoms with E-state index in [0.717, 1.165) is 37.0 Å². The van der Waals surface area contributed by atoms with Gasteiger partial charge in [-0.25, -0.2) is 0 Å². The number of fused-ring (bicyclic) bond motifs is 1. The highest BCUT2D eigenvalue weighted by Crippen LogP contribution is 2.35. The number of ether oxygens (including phenoxy) is 3. The third kappa shape index (κ3) is 3.44. The van der Waals surface area contributed by atoms with E-state index in [1.807, 2.05) is 12.1 Å². The summed E-state index contributed by atoms with van der Waals surface area (Å²) < 4.78 is 16.8. The highest BCUT2D eigenvalue weighted by Gasteiger charge is 2.24. The molecule has 0 amide bonds. The molecule has 1 heterocycles. The molecule has 1 fully saturated rings. The largest absolute Gasteiger partial charge is 0.491 e. The van der Waals surface area contributed by atoms with E-state index in [0.29, 0.717) is 19.4 Å². The molecule has 0 radical (unpaired) electrons. The molecular formula is C16H23NO3. The van der Waals surface area contributed by atoms with E-state index < -0.39 is 0 Å². The highest BCUT2D eigenvalue weighted by atomic mass is 16.7. The number of hydrogen-bond acceptors (Lipinski definition) is 4. The van der Waals surface area contributed by atoms with Gasteiger partial charge in [0.25, 0.3) is 0 Å². The van der Waals surface area contributed by atoms with Crippen molar-refractivity contribution in [2.75, 3.05) is 26.6 Å². The van der Waals surface area contributed by atoms with Crippen LogP contribution in [0.5, 0.6) is 11.5 Å². The summed E-state index contributed by atoms with van der Waals surface area (Å²) in [5.74, 6) is 2.52.